The number of aromatic nitrogens is 2. The summed E-state index contributed by atoms with van der Waals surface area (Å²) in [6, 6.07) is 4.55. The van der Waals surface area contributed by atoms with Gasteiger partial charge in [0.15, 0.2) is 5.82 Å². The highest BCUT2D eigenvalue weighted by atomic mass is 79.9. The lowest BCUT2D eigenvalue weighted by Gasteiger charge is -2.14. The maximum absolute atomic E-state index is 13.7. The van der Waals surface area contributed by atoms with E-state index >= 15 is 0 Å². The van der Waals surface area contributed by atoms with Crippen LogP contribution in [0.5, 0.6) is 5.88 Å². The molecule has 0 aliphatic carbocycles. The van der Waals surface area contributed by atoms with Crippen LogP contribution in [0.1, 0.15) is 13.8 Å². The number of nitrogens with two attached hydrogens (primary N) is 1. The van der Waals surface area contributed by atoms with Crippen molar-refractivity contribution in [3.63, 3.8) is 0 Å². The largest absolute Gasteiger partial charge is 0.473 e. The van der Waals surface area contributed by atoms with Gasteiger partial charge in [0, 0.05) is 4.47 Å². The summed E-state index contributed by atoms with van der Waals surface area (Å²) in [7, 11) is 0. The van der Waals surface area contributed by atoms with Gasteiger partial charge in [-0.3, -0.25) is 0 Å². The second kappa shape index (κ2) is 6.04. The van der Waals surface area contributed by atoms with Gasteiger partial charge in [0.25, 0.3) is 0 Å². The molecule has 1 aromatic heterocycles. The Morgan fingerprint density at radius 3 is 2.80 bits per heavy atom. The normalized spacial score (nSPS) is 10.7. The number of anilines is 3. The molecule has 0 saturated carbocycles. The second-order valence-corrected chi connectivity index (χ2v) is 5.27. The number of nitrogens with one attached hydrogen (secondary N) is 1. The first-order valence-electron chi connectivity index (χ1n) is 5.96. The summed E-state index contributed by atoms with van der Waals surface area (Å²) in [6.45, 7) is 3.73. The standard InChI is InChI=1S/C13H14BrFN4O/c1-7(2)20-13-11(16)12(17-6-18-13)19-10-5-8(14)3-4-9(10)15/h3-7H,16H2,1-2H3,(H,17,18,19). The topological polar surface area (TPSA) is 73.1 Å². The highest BCUT2D eigenvalue weighted by Crippen LogP contribution is 2.30. The van der Waals surface area contributed by atoms with E-state index in [4.69, 9.17) is 10.5 Å². The Bertz CT molecular complexity index is 621. The molecule has 0 aliphatic heterocycles. The summed E-state index contributed by atoms with van der Waals surface area (Å²) in [5.41, 5.74) is 6.42. The Kier molecular flexibility index (Phi) is 4.39. The minimum Gasteiger partial charge on any atom is -0.473 e. The predicted molar refractivity (Wildman–Crippen MR) is 79.6 cm³/mol. The van der Waals surface area contributed by atoms with E-state index in [-0.39, 0.29) is 23.4 Å². The molecule has 0 saturated heterocycles. The lowest BCUT2D eigenvalue weighted by Crippen LogP contribution is -2.11. The monoisotopic (exact) mass is 340 g/mol. The predicted octanol–water partition coefficient (Wildman–Crippen LogP) is 3.49. The van der Waals surface area contributed by atoms with E-state index in [1.807, 2.05) is 13.8 Å². The van der Waals surface area contributed by atoms with Crippen molar-refractivity contribution in [3.05, 3.63) is 34.8 Å². The fourth-order valence-corrected chi connectivity index (χ4v) is 1.88. The second-order valence-electron chi connectivity index (χ2n) is 4.36. The zero-order chi connectivity index (χ0) is 14.7. The van der Waals surface area contributed by atoms with Crippen LogP contribution >= 0.6 is 15.9 Å². The van der Waals surface area contributed by atoms with E-state index in [0.717, 1.165) is 4.47 Å². The summed E-state index contributed by atoms with van der Waals surface area (Å²) in [4.78, 5) is 7.96. The minimum absolute atomic E-state index is 0.0670. The number of ether oxygens (including phenoxy) is 1. The average molecular weight is 341 g/mol. The lowest BCUT2D eigenvalue weighted by molar-refractivity contribution is 0.234. The van der Waals surface area contributed by atoms with E-state index in [0.29, 0.717) is 5.82 Å². The van der Waals surface area contributed by atoms with Crippen molar-refractivity contribution in [1.82, 2.24) is 9.97 Å². The molecule has 0 fully saturated rings. The van der Waals surface area contributed by atoms with Crippen LogP contribution in [0.15, 0.2) is 29.0 Å². The number of hydrogen-bond acceptors (Lipinski definition) is 5. The van der Waals surface area contributed by atoms with Crippen molar-refractivity contribution in [2.75, 3.05) is 11.1 Å². The fraction of sp³-hybridized carbons (Fsp3) is 0.231. The molecule has 0 radical (unpaired) electrons. The van der Waals surface area contributed by atoms with Crippen molar-refractivity contribution in [3.8, 4) is 5.88 Å². The number of nitrogen functional groups attached to an aromatic ring is 1. The van der Waals surface area contributed by atoms with Crippen LogP contribution in [-0.4, -0.2) is 16.1 Å². The first-order chi connectivity index (χ1) is 9.47. The highest BCUT2D eigenvalue weighted by molar-refractivity contribution is 9.10. The zero-order valence-electron chi connectivity index (χ0n) is 11.0. The molecule has 106 valence electrons. The fourth-order valence-electron chi connectivity index (χ4n) is 1.52. The third-order valence-electron chi connectivity index (χ3n) is 2.38. The summed E-state index contributed by atoms with van der Waals surface area (Å²) < 4.78 is 19.9. The maximum atomic E-state index is 13.7. The van der Waals surface area contributed by atoms with Gasteiger partial charge in [-0.1, -0.05) is 15.9 Å². The van der Waals surface area contributed by atoms with Crippen LogP contribution < -0.4 is 15.8 Å². The Morgan fingerprint density at radius 2 is 2.10 bits per heavy atom. The van der Waals surface area contributed by atoms with Gasteiger partial charge in [-0.2, -0.15) is 4.98 Å². The number of halogens is 2. The van der Waals surface area contributed by atoms with Crippen molar-refractivity contribution < 1.29 is 9.13 Å². The smallest absolute Gasteiger partial charge is 0.242 e. The average Bonchev–Trinajstić information content (AvgIpc) is 2.38. The quantitative estimate of drug-likeness (QED) is 0.891. The van der Waals surface area contributed by atoms with Crippen LogP contribution in [0, 0.1) is 5.82 Å². The SMILES string of the molecule is CC(C)Oc1ncnc(Nc2cc(Br)ccc2F)c1N. The van der Waals surface area contributed by atoms with Gasteiger partial charge < -0.3 is 15.8 Å². The van der Waals surface area contributed by atoms with Gasteiger partial charge in [-0.15, -0.1) is 0 Å². The lowest BCUT2D eigenvalue weighted by atomic mass is 10.3. The highest BCUT2D eigenvalue weighted by Gasteiger charge is 2.12. The van der Waals surface area contributed by atoms with Crippen LogP contribution in [0.4, 0.5) is 21.6 Å². The summed E-state index contributed by atoms with van der Waals surface area (Å²) in [5.74, 6) is 0.165. The Labute approximate surface area is 124 Å². The first kappa shape index (κ1) is 14.5. The van der Waals surface area contributed by atoms with E-state index in [1.165, 1.54) is 12.4 Å². The zero-order valence-corrected chi connectivity index (χ0v) is 12.6. The first-order valence-corrected chi connectivity index (χ1v) is 6.76. The van der Waals surface area contributed by atoms with E-state index in [9.17, 15) is 4.39 Å². The third kappa shape index (κ3) is 3.36. The molecule has 0 amide bonds. The van der Waals surface area contributed by atoms with Crippen molar-refractivity contribution in [2.24, 2.45) is 0 Å². The van der Waals surface area contributed by atoms with Gasteiger partial charge in [0.2, 0.25) is 5.88 Å². The van der Waals surface area contributed by atoms with Gasteiger partial charge in [-0.25, -0.2) is 9.37 Å². The van der Waals surface area contributed by atoms with Gasteiger partial charge >= 0.3 is 0 Å². The summed E-state index contributed by atoms with van der Waals surface area (Å²) >= 11 is 3.28. The summed E-state index contributed by atoms with van der Waals surface area (Å²) in [6.07, 6.45) is 1.24. The van der Waals surface area contributed by atoms with Crippen LogP contribution in [0.2, 0.25) is 0 Å². The third-order valence-corrected chi connectivity index (χ3v) is 2.87. The minimum atomic E-state index is -0.405. The number of rotatable bonds is 4. The molecule has 0 atom stereocenters. The maximum Gasteiger partial charge on any atom is 0.242 e. The molecule has 2 rings (SSSR count). The molecular formula is C13H14BrFN4O. The summed E-state index contributed by atoms with van der Waals surface area (Å²) in [5, 5.41) is 2.83. The van der Waals surface area contributed by atoms with E-state index in [1.54, 1.807) is 12.1 Å². The Balaban J connectivity index is 2.32. The molecule has 20 heavy (non-hydrogen) atoms. The Hall–Kier alpha value is -1.89. The van der Waals surface area contributed by atoms with Gasteiger partial charge in [0.05, 0.1) is 11.8 Å². The molecule has 3 N–H and O–H groups in total. The molecule has 1 heterocycles. The Morgan fingerprint density at radius 1 is 1.35 bits per heavy atom. The van der Waals surface area contributed by atoms with Crippen molar-refractivity contribution in [1.29, 1.82) is 0 Å². The van der Waals surface area contributed by atoms with Crippen LogP contribution in [0.3, 0.4) is 0 Å². The molecular weight excluding hydrogens is 327 g/mol. The molecule has 5 nitrogen and oxygen atoms in total. The molecule has 7 heteroatoms. The van der Waals surface area contributed by atoms with Gasteiger partial charge in [-0.05, 0) is 32.0 Å². The molecule has 0 aliphatic rings. The van der Waals surface area contributed by atoms with E-state index < -0.39 is 5.82 Å². The van der Waals surface area contributed by atoms with Crippen molar-refractivity contribution in [2.45, 2.75) is 20.0 Å². The van der Waals surface area contributed by atoms with Crippen LogP contribution in [0.25, 0.3) is 0 Å². The van der Waals surface area contributed by atoms with Crippen molar-refractivity contribution >= 4 is 33.1 Å². The number of nitrogens with zero attached hydrogens (tertiary/aromatic N) is 2. The molecule has 0 unspecified atom stereocenters. The van der Waals surface area contributed by atoms with Crippen LogP contribution in [-0.2, 0) is 0 Å². The van der Waals surface area contributed by atoms with Gasteiger partial charge in [0.1, 0.15) is 17.8 Å². The number of hydrogen-bond donors (Lipinski definition) is 2. The molecule has 0 spiro atoms. The van der Waals surface area contributed by atoms with E-state index in [2.05, 4.69) is 31.2 Å². The number of benzene rings is 1. The molecule has 0 bridgehead atoms. The molecule has 1 aromatic carbocycles. The molecule has 2 aromatic rings.